The van der Waals surface area contributed by atoms with Gasteiger partial charge in [0.15, 0.2) is 0 Å². The summed E-state index contributed by atoms with van der Waals surface area (Å²) in [6.07, 6.45) is 3.76. The molecule has 43 heavy (non-hydrogen) atoms. The molecule has 0 N–H and O–H groups in total. The summed E-state index contributed by atoms with van der Waals surface area (Å²) in [5, 5.41) is 5.27. The van der Waals surface area contributed by atoms with Crippen molar-refractivity contribution in [2.24, 2.45) is 7.05 Å². The summed E-state index contributed by atoms with van der Waals surface area (Å²) >= 11 is 0. The van der Waals surface area contributed by atoms with E-state index < -0.39 is 21.8 Å². The number of pyridine rings is 1. The summed E-state index contributed by atoms with van der Waals surface area (Å²) in [6.45, 7) is 4.24. The topological polar surface area (TPSA) is 99.3 Å². The van der Waals surface area contributed by atoms with Gasteiger partial charge in [0.1, 0.15) is 17.3 Å². The standard InChI is InChI=1S/C31H29F2N5O4S/c1-19-4-6-24(7-5-19)43(40,41)42-15-14-37-12-9-25-26(8-11-34-30(25)37)31(39)38-13-10-27-28(20(38)2)35-36(3)29(27)21-16-22(32)18-23(33)17-21/h4-9,11-12,16-18,20H,10,13-15H2,1-3H3. The Hall–Kier alpha value is -4.42. The highest BCUT2D eigenvalue weighted by molar-refractivity contribution is 7.86. The molecule has 0 radical (unpaired) electrons. The van der Waals surface area contributed by atoms with E-state index in [0.29, 0.717) is 46.5 Å². The van der Waals surface area contributed by atoms with Crippen LogP contribution in [-0.4, -0.2) is 51.7 Å². The quantitative estimate of drug-likeness (QED) is 0.237. The predicted octanol–water partition coefficient (Wildman–Crippen LogP) is 5.19. The Labute approximate surface area is 247 Å². The van der Waals surface area contributed by atoms with Crippen LogP contribution in [0.25, 0.3) is 22.3 Å². The molecule has 1 aliphatic rings. The van der Waals surface area contributed by atoms with Crippen molar-refractivity contribution >= 4 is 27.1 Å². The smallest absolute Gasteiger partial charge is 0.297 e. The molecule has 9 nitrogen and oxygen atoms in total. The number of amides is 1. The second-order valence-corrected chi connectivity index (χ2v) is 12.2. The van der Waals surface area contributed by atoms with Crippen molar-refractivity contribution in [1.82, 2.24) is 24.2 Å². The highest BCUT2D eigenvalue weighted by atomic mass is 32.2. The lowest BCUT2D eigenvalue weighted by molar-refractivity contribution is 0.0675. The Morgan fingerprint density at radius 1 is 1.07 bits per heavy atom. The average Bonchev–Trinajstić information content (AvgIpc) is 3.53. The molecular weight excluding hydrogens is 576 g/mol. The van der Waals surface area contributed by atoms with Crippen LogP contribution in [0.15, 0.2) is 71.9 Å². The molecule has 1 unspecified atom stereocenters. The Bertz CT molecular complexity index is 1950. The summed E-state index contributed by atoms with van der Waals surface area (Å²) in [7, 11) is -2.19. The number of hydrogen-bond donors (Lipinski definition) is 0. The maximum Gasteiger partial charge on any atom is 0.297 e. The van der Waals surface area contributed by atoms with E-state index in [1.165, 1.54) is 24.3 Å². The van der Waals surface area contributed by atoms with Gasteiger partial charge in [-0.05, 0) is 56.7 Å². The van der Waals surface area contributed by atoms with Gasteiger partial charge in [0, 0.05) is 55.1 Å². The van der Waals surface area contributed by atoms with Crippen molar-refractivity contribution in [3.05, 3.63) is 101 Å². The molecule has 6 rings (SSSR count). The molecule has 222 valence electrons. The molecule has 1 atom stereocenters. The zero-order valence-electron chi connectivity index (χ0n) is 23.8. The molecule has 0 fully saturated rings. The van der Waals surface area contributed by atoms with Gasteiger partial charge in [-0.15, -0.1) is 0 Å². The minimum Gasteiger partial charge on any atom is -0.330 e. The molecule has 1 aliphatic heterocycles. The van der Waals surface area contributed by atoms with E-state index in [4.69, 9.17) is 4.18 Å². The van der Waals surface area contributed by atoms with Crippen LogP contribution in [-0.2, 0) is 34.3 Å². The summed E-state index contributed by atoms with van der Waals surface area (Å²) in [4.78, 5) is 20.1. The first-order valence-corrected chi connectivity index (χ1v) is 15.2. The summed E-state index contributed by atoms with van der Waals surface area (Å²) < 4.78 is 61.7. The Morgan fingerprint density at radius 2 is 1.79 bits per heavy atom. The molecule has 2 aromatic carbocycles. The molecule has 0 spiro atoms. The van der Waals surface area contributed by atoms with E-state index in [2.05, 4.69) is 10.1 Å². The zero-order valence-corrected chi connectivity index (χ0v) is 24.6. The average molecular weight is 606 g/mol. The zero-order chi connectivity index (χ0) is 30.5. The second-order valence-electron chi connectivity index (χ2n) is 10.6. The lowest BCUT2D eigenvalue weighted by atomic mass is 9.95. The van der Waals surface area contributed by atoms with E-state index in [1.54, 1.807) is 57.9 Å². The van der Waals surface area contributed by atoms with Gasteiger partial charge in [0.2, 0.25) is 0 Å². The third-order valence-electron chi connectivity index (χ3n) is 7.81. The normalized spacial score (nSPS) is 15.2. The largest absolute Gasteiger partial charge is 0.330 e. The second kappa shape index (κ2) is 11.0. The molecule has 5 aromatic rings. The Balaban J connectivity index is 1.22. The van der Waals surface area contributed by atoms with Crippen LogP contribution in [0.4, 0.5) is 8.78 Å². The fourth-order valence-electron chi connectivity index (χ4n) is 5.70. The molecule has 12 heteroatoms. The number of hydrogen-bond acceptors (Lipinski definition) is 6. The van der Waals surface area contributed by atoms with Gasteiger partial charge in [-0.3, -0.25) is 13.7 Å². The van der Waals surface area contributed by atoms with Crippen LogP contribution < -0.4 is 0 Å². The predicted molar refractivity (Wildman–Crippen MR) is 156 cm³/mol. The summed E-state index contributed by atoms with van der Waals surface area (Å²) in [6, 6.07) is 12.9. The fraction of sp³-hybridized carbons (Fsp3) is 0.258. The highest BCUT2D eigenvalue weighted by Crippen LogP contribution is 2.37. The van der Waals surface area contributed by atoms with E-state index >= 15 is 0 Å². The van der Waals surface area contributed by atoms with Crippen LogP contribution in [0.5, 0.6) is 0 Å². The number of carbonyl (C=O) groups excluding carboxylic acids is 1. The van der Waals surface area contributed by atoms with E-state index in [-0.39, 0.29) is 30.0 Å². The lowest BCUT2D eigenvalue weighted by Crippen LogP contribution is -2.39. The van der Waals surface area contributed by atoms with Gasteiger partial charge in [0.05, 0.1) is 34.5 Å². The number of fused-ring (bicyclic) bond motifs is 2. The van der Waals surface area contributed by atoms with Crippen LogP contribution in [0.1, 0.15) is 40.1 Å². The molecule has 0 bridgehead atoms. The first-order chi connectivity index (χ1) is 20.5. The lowest BCUT2D eigenvalue weighted by Gasteiger charge is -2.33. The van der Waals surface area contributed by atoms with Gasteiger partial charge in [-0.2, -0.15) is 13.5 Å². The molecule has 1 amide bonds. The fourth-order valence-corrected chi connectivity index (χ4v) is 6.60. The van der Waals surface area contributed by atoms with Crippen molar-refractivity contribution in [1.29, 1.82) is 0 Å². The maximum absolute atomic E-state index is 14.0. The van der Waals surface area contributed by atoms with Gasteiger partial charge in [-0.25, -0.2) is 13.8 Å². The number of aromatic nitrogens is 4. The van der Waals surface area contributed by atoms with Crippen molar-refractivity contribution < 1.29 is 26.2 Å². The third-order valence-corrected chi connectivity index (χ3v) is 9.14. The van der Waals surface area contributed by atoms with Crippen molar-refractivity contribution in [3.63, 3.8) is 0 Å². The number of nitrogens with zero attached hydrogens (tertiary/aromatic N) is 5. The third kappa shape index (κ3) is 5.32. The van der Waals surface area contributed by atoms with E-state index in [9.17, 15) is 22.0 Å². The SMILES string of the molecule is Cc1ccc(S(=O)(=O)OCCn2ccc3c(C(=O)N4CCc5c(nn(C)c5-c5cc(F)cc(F)c5)C4C)ccnc32)cc1. The molecule has 0 aliphatic carbocycles. The minimum absolute atomic E-state index is 0.0865. The Kier molecular flexibility index (Phi) is 7.35. The maximum atomic E-state index is 14.0. The molecular formula is C31H29F2N5O4S. The van der Waals surface area contributed by atoms with Crippen molar-refractivity contribution in [3.8, 4) is 11.3 Å². The van der Waals surface area contributed by atoms with Crippen molar-refractivity contribution in [2.75, 3.05) is 13.2 Å². The van der Waals surface area contributed by atoms with Crippen LogP contribution >= 0.6 is 0 Å². The van der Waals surface area contributed by atoms with Gasteiger partial charge < -0.3 is 9.47 Å². The number of carbonyl (C=O) groups is 1. The molecule has 4 heterocycles. The van der Waals surface area contributed by atoms with Crippen molar-refractivity contribution in [2.45, 2.75) is 37.8 Å². The number of halogens is 2. The summed E-state index contributed by atoms with van der Waals surface area (Å²) in [5.41, 5.74) is 4.48. The highest BCUT2D eigenvalue weighted by Gasteiger charge is 2.34. The number of aryl methyl sites for hydroxylation is 2. The van der Waals surface area contributed by atoms with Gasteiger partial charge in [-0.1, -0.05) is 17.7 Å². The Morgan fingerprint density at radius 3 is 2.51 bits per heavy atom. The molecule has 3 aromatic heterocycles. The molecule has 0 saturated heterocycles. The van der Waals surface area contributed by atoms with Crippen LogP contribution in [0, 0.1) is 18.6 Å². The summed E-state index contributed by atoms with van der Waals surface area (Å²) in [5.74, 6) is -1.54. The van der Waals surface area contributed by atoms with E-state index in [0.717, 1.165) is 17.2 Å². The molecule has 0 saturated carbocycles. The number of rotatable bonds is 7. The van der Waals surface area contributed by atoms with Gasteiger partial charge in [0.25, 0.3) is 16.0 Å². The minimum atomic E-state index is -3.91. The van der Waals surface area contributed by atoms with Crippen LogP contribution in [0.3, 0.4) is 0 Å². The first-order valence-electron chi connectivity index (χ1n) is 13.8. The first kappa shape index (κ1) is 28.7. The van der Waals surface area contributed by atoms with Gasteiger partial charge >= 0.3 is 0 Å². The number of benzene rings is 2. The van der Waals surface area contributed by atoms with E-state index in [1.807, 2.05) is 13.8 Å². The monoisotopic (exact) mass is 605 g/mol. The van der Waals surface area contributed by atoms with Crippen LogP contribution in [0.2, 0.25) is 0 Å².